The van der Waals surface area contributed by atoms with Gasteiger partial charge in [0.25, 0.3) is 0 Å². The lowest BCUT2D eigenvalue weighted by Crippen LogP contribution is -2.57. The molecule has 4 atom stereocenters. The Bertz CT molecular complexity index is 803. The Morgan fingerprint density at radius 1 is 1.03 bits per heavy atom. The first-order chi connectivity index (χ1) is 16.4. The summed E-state index contributed by atoms with van der Waals surface area (Å²) in [5.74, 6) is 6.46. The van der Waals surface area contributed by atoms with E-state index in [1.807, 2.05) is 0 Å². The molecule has 0 spiro atoms. The molecule has 188 valence electrons. The number of carboxylic acids is 1. The van der Waals surface area contributed by atoms with Crippen molar-refractivity contribution in [2.45, 2.75) is 51.5 Å². The minimum atomic E-state index is -0.973. The van der Waals surface area contributed by atoms with E-state index >= 15 is 0 Å². The van der Waals surface area contributed by atoms with Gasteiger partial charge in [0.05, 0.1) is 19.2 Å². The van der Waals surface area contributed by atoms with Crippen LogP contribution in [0.1, 0.15) is 45.4 Å². The minimum Gasteiger partial charge on any atom is -0.480 e. The fourth-order valence-electron chi connectivity index (χ4n) is 4.89. The number of ether oxygens (including phenoxy) is 2. The summed E-state index contributed by atoms with van der Waals surface area (Å²) in [4.78, 5) is 50.7. The molecule has 2 fully saturated rings. The summed E-state index contributed by atoms with van der Waals surface area (Å²) in [5, 5.41) is 11.8. The van der Waals surface area contributed by atoms with E-state index in [0.29, 0.717) is 37.5 Å². The highest BCUT2D eigenvalue weighted by molar-refractivity contribution is 5.77. The van der Waals surface area contributed by atoms with Crippen LogP contribution in [0.3, 0.4) is 0 Å². The van der Waals surface area contributed by atoms with Crippen LogP contribution < -0.4 is 5.32 Å². The Hall–Kier alpha value is -2.80. The van der Waals surface area contributed by atoms with E-state index in [0.717, 1.165) is 25.7 Å². The van der Waals surface area contributed by atoms with E-state index < -0.39 is 12.1 Å². The number of aliphatic carboxylic acids is 1. The van der Waals surface area contributed by atoms with Crippen LogP contribution in [0.2, 0.25) is 0 Å². The number of fused-ring (bicyclic) bond motifs is 1. The second-order valence-electron chi connectivity index (χ2n) is 9.09. The number of hydrogen-bond acceptors (Lipinski definition) is 7. The van der Waals surface area contributed by atoms with Crippen molar-refractivity contribution in [3.05, 3.63) is 0 Å². The molecule has 3 rings (SSSR count). The number of carbonyl (C=O) groups excluding carboxylic acids is 3. The number of esters is 1. The van der Waals surface area contributed by atoms with E-state index in [1.54, 1.807) is 16.7 Å². The molecule has 0 aromatic carbocycles. The zero-order chi connectivity index (χ0) is 24.5. The van der Waals surface area contributed by atoms with E-state index in [4.69, 9.17) is 14.6 Å². The number of alkyl carbamates (subject to hydrolysis) is 1. The highest BCUT2D eigenvalue weighted by Crippen LogP contribution is 2.52. The second-order valence-corrected chi connectivity index (χ2v) is 9.09. The van der Waals surface area contributed by atoms with Crippen molar-refractivity contribution in [3.63, 3.8) is 0 Å². The summed E-state index contributed by atoms with van der Waals surface area (Å²) in [5.41, 5.74) is 0. The minimum absolute atomic E-state index is 0.0313. The molecule has 0 radical (unpaired) electrons. The van der Waals surface area contributed by atoms with E-state index in [2.05, 4.69) is 17.2 Å². The molecule has 2 aliphatic carbocycles. The molecule has 34 heavy (non-hydrogen) atoms. The molecule has 0 aromatic heterocycles. The summed E-state index contributed by atoms with van der Waals surface area (Å²) >= 11 is 0. The molecule has 1 heterocycles. The van der Waals surface area contributed by atoms with Gasteiger partial charge in [-0.15, -0.1) is 11.8 Å². The zero-order valence-electron chi connectivity index (χ0n) is 19.8. The van der Waals surface area contributed by atoms with Gasteiger partial charge in [0.15, 0.2) is 0 Å². The topological polar surface area (TPSA) is 125 Å². The van der Waals surface area contributed by atoms with Gasteiger partial charge in [-0.2, -0.15) is 0 Å². The molecule has 2 unspecified atom stereocenters. The lowest BCUT2D eigenvalue weighted by atomic mass is 10.1. The summed E-state index contributed by atoms with van der Waals surface area (Å²) < 4.78 is 10.6. The molecular formula is C24H35N3O7. The molecule has 2 amide bonds. The predicted molar refractivity (Wildman–Crippen MR) is 122 cm³/mol. The third-order valence-electron chi connectivity index (χ3n) is 6.88. The number of amides is 2. The first-order valence-electron chi connectivity index (χ1n) is 12.1. The SMILES string of the molecule is CCC(=O)OCC1CN(C(=O)CCNC(=O)OCC2[C@H]3CCC#CCC[C@@H]23)CCN1CC(=O)O. The summed E-state index contributed by atoms with van der Waals surface area (Å²) in [6, 6.07) is -0.386. The van der Waals surface area contributed by atoms with Crippen LogP contribution in [-0.2, 0) is 23.9 Å². The number of nitrogens with one attached hydrogen (secondary N) is 1. The van der Waals surface area contributed by atoms with Crippen LogP contribution in [0.15, 0.2) is 0 Å². The molecule has 10 heteroatoms. The number of carbonyl (C=O) groups is 4. The number of rotatable bonds is 10. The molecule has 3 aliphatic rings. The van der Waals surface area contributed by atoms with Crippen molar-refractivity contribution in [3.8, 4) is 11.8 Å². The highest BCUT2D eigenvalue weighted by atomic mass is 16.5. The van der Waals surface area contributed by atoms with E-state index in [-0.39, 0.29) is 57.0 Å². The Morgan fingerprint density at radius 2 is 1.74 bits per heavy atom. The van der Waals surface area contributed by atoms with Crippen LogP contribution in [0, 0.1) is 29.6 Å². The van der Waals surface area contributed by atoms with Gasteiger partial charge >= 0.3 is 18.0 Å². The van der Waals surface area contributed by atoms with Crippen LogP contribution in [0.4, 0.5) is 4.79 Å². The number of nitrogens with zero attached hydrogens (tertiary/aromatic N) is 2. The van der Waals surface area contributed by atoms with Gasteiger partial charge in [-0.05, 0) is 30.6 Å². The van der Waals surface area contributed by atoms with Crippen LogP contribution in [0.25, 0.3) is 0 Å². The van der Waals surface area contributed by atoms with Crippen molar-refractivity contribution in [1.82, 2.24) is 15.1 Å². The summed E-state index contributed by atoms with van der Waals surface area (Å²) in [6.45, 7) is 3.11. The first-order valence-corrected chi connectivity index (χ1v) is 12.1. The van der Waals surface area contributed by atoms with Crippen LogP contribution in [-0.4, -0.2) is 90.8 Å². The van der Waals surface area contributed by atoms with Gasteiger partial charge in [0, 0.05) is 51.9 Å². The molecule has 1 aliphatic heterocycles. The van der Waals surface area contributed by atoms with E-state index in [1.165, 1.54) is 0 Å². The summed E-state index contributed by atoms with van der Waals surface area (Å²) in [6.07, 6.45) is 3.80. The maximum Gasteiger partial charge on any atom is 0.407 e. The average molecular weight is 478 g/mol. The zero-order valence-corrected chi connectivity index (χ0v) is 19.8. The first kappa shape index (κ1) is 25.8. The van der Waals surface area contributed by atoms with Crippen molar-refractivity contribution in [1.29, 1.82) is 0 Å². The number of piperazine rings is 1. The fourth-order valence-corrected chi connectivity index (χ4v) is 4.89. The van der Waals surface area contributed by atoms with Crippen molar-refractivity contribution >= 4 is 23.9 Å². The second kappa shape index (κ2) is 12.6. The van der Waals surface area contributed by atoms with E-state index in [9.17, 15) is 19.2 Å². The maximum atomic E-state index is 12.6. The molecule has 1 saturated heterocycles. The molecule has 0 aromatic rings. The normalized spacial score (nSPS) is 26.1. The smallest absolute Gasteiger partial charge is 0.407 e. The number of carboxylic acid groups (broad SMARTS) is 1. The van der Waals surface area contributed by atoms with Crippen molar-refractivity contribution in [2.24, 2.45) is 17.8 Å². The van der Waals surface area contributed by atoms with Gasteiger partial charge in [-0.25, -0.2) is 4.79 Å². The van der Waals surface area contributed by atoms with Gasteiger partial charge in [0.2, 0.25) is 5.91 Å². The quantitative estimate of drug-likeness (QED) is 0.354. The lowest BCUT2D eigenvalue weighted by Gasteiger charge is -2.40. The van der Waals surface area contributed by atoms with Gasteiger partial charge in [0.1, 0.15) is 6.61 Å². The molecule has 1 saturated carbocycles. The molecule has 2 N–H and O–H groups in total. The molecule has 10 nitrogen and oxygen atoms in total. The predicted octanol–water partition coefficient (Wildman–Crippen LogP) is 1.09. The Kier molecular flexibility index (Phi) is 9.57. The van der Waals surface area contributed by atoms with Gasteiger partial charge in [-0.3, -0.25) is 19.3 Å². The molecular weight excluding hydrogens is 442 g/mol. The molecule has 0 bridgehead atoms. The average Bonchev–Trinajstić information content (AvgIpc) is 3.45. The number of hydrogen-bond donors (Lipinski definition) is 2. The van der Waals surface area contributed by atoms with Crippen molar-refractivity contribution in [2.75, 3.05) is 45.9 Å². The van der Waals surface area contributed by atoms with Gasteiger partial charge in [-0.1, -0.05) is 6.92 Å². The third kappa shape index (κ3) is 7.62. The van der Waals surface area contributed by atoms with Crippen LogP contribution >= 0.6 is 0 Å². The Morgan fingerprint density at radius 3 is 2.38 bits per heavy atom. The van der Waals surface area contributed by atoms with Crippen LogP contribution in [0.5, 0.6) is 0 Å². The monoisotopic (exact) mass is 477 g/mol. The third-order valence-corrected chi connectivity index (χ3v) is 6.88. The van der Waals surface area contributed by atoms with Gasteiger partial charge < -0.3 is 24.8 Å². The summed E-state index contributed by atoms with van der Waals surface area (Å²) in [7, 11) is 0. The highest BCUT2D eigenvalue weighted by Gasteiger charge is 2.49. The Labute approximate surface area is 200 Å². The lowest BCUT2D eigenvalue weighted by molar-refractivity contribution is -0.148. The standard InChI is InChI=1S/C24H35N3O7/c1-2-23(31)33-15-17-13-27(12-11-26(17)14-22(29)30)21(28)9-10-25-24(32)34-16-20-18-7-5-3-4-6-8-19(18)20/h17-20H,2,5-16H2,1H3,(H,25,32)(H,29,30)/t17?,18-,19+,20?. The fraction of sp³-hybridized carbons (Fsp3) is 0.750. The largest absolute Gasteiger partial charge is 0.480 e. The van der Waals surface area contributed by atoms with Crippen molar-refractivity contribution < 1.29 is 33.8 Å². The Balaban J connectivity index is 1.36. The maximum absolute atomic E-state index is 12.6.